The maximum absolute atomic E-state index is 9.33. The molecule has 0 saturated heterocycles. The molecule has 0 aromatic heterocycles. The minimum Gasteiger partial charge on any atom is -0.507 e. The maximum Gasteiger partial charge on any atom is 0.131 e. The molecule has 0 fully saturated rings. The number of hydrogen-bond donors (Lipinski definition) is 1. The van der Waals surface area contributed by atoms with E-state index in [1.165, 1.54) is 0 Å². The molecule has 1 nitrogen and oxygen atoms in total. The van der Waals surface area contributed by atoms with E-state index >= 15 is 0 Å². The number of aryl methyl sites for hydroxylation is 1. The van der Waals surface area contributed by atoms with Gasteiger partial charge in [0.15, 0.2) is 0 Å². The molecule has 0 radical (unpaired) electrons. The molecule has 0 aliphatic carbocycles. The van der Waals surface area contributed by atoms with Gasteiger partial charge in [-0.05, 0) is 62.9 Å². The van der Waals surface area contributed by atoms with Gasteiger partial charge in [-0.2, -0.15) is 0 Å². The number of rotatable bonds is 0. The zero-order chi connectivity index (χ0) is 8.59. The van der Waals surface area contributed by atoms with Crippen molar-refractivity contribution in [2.24, 2.45) is 0 Å². The van der Waals surface area contributed by atoms with E-state index in [-0.39, 0.29) is 5.75 Å². The number of halogens is 2. The van der Waals surface area contributed by atoms with Crippen molar-refractivity contribution in [1.82, 2.24) is 0 Å². The molecule has 0 amide bonds. The molecule has 1 N–H and O–H groups in total. The van der Waals surface area contributed by atoms with Gasteiger partial charge in [0.05, 0.1) is 4.47 Å². The summed E-state index contributed by atoms with van der Waals surface area (Å²) in [5.74, 6) is 0.278. The molecule has 0 heterocycles. The van der Waals surface area contributed by atoms with Crippen molar-refractivity contribution in [3.63, 3.8) is 0 Å². The predicted molar refractivity (Wildman–Crippen MR) is 53.0 cm³/mol. The van der Waals surface area contributed by atoms with Crippen molar-refractivity contribution in [3.05, 3.63) is 26.1 Å². The summed E-state index contributed by atoms with van der Waals surface area (Å²) >= 11 is 6.64. The molecular formula is C8H8Br2O. The van der Waals surface area contributed by atoms with Crippen molar-refractivity contribution < 1.29 is 5.11 Å². The molecule has 11 heavy (non-hydrogen) atoms. The highest BCUT2D eigenvalue weighted by molar-refractivity contribution is 9.13. The van der Waals surface area contributed by atoms with Crippen LogP contribution in [0.1, 0.15) is 11.1 Å². The summed E-state index contributed by atoms with van der Waals surface area (Å²) < 4.78 is 1.65. The van der Waals surface area contributed by atoms with Crippen molar-refractivity contribution in [2.75, 3.05) is 0 Å². The fourth-order valence-corrected chi connectivity index (χ4v) is 1.75. The molecule has 3 heteroatoms. The molecule has 1 rings (SSSR count). The average Bonchev–Trinajstić information content (AvgIpc) is 1.97. The zero-order valence-electron chi connectivity index (χ0n) is 6.28. The minimum absolute atomic E-state index is 0.278. The topological polar surface area (TPSA) is 20.2 Å². The Morgan fingerprint density at radius 3 is 2.27 bits per heavy atom. The quantitative estimate of drug-likeness (QED) is 0.770. The Kier molecular flexibility index (Phi) is 2.60. The molecule has 0 bridgehead atoms. The SMILES string of the molecule is Cc1cc(O)c(Br)c(Br)c1C. The third kappa shape index (κ3) is 1.59. The lowest BCUT2D eigenvalue weighted by atomic mass is 10.1. The van der Waals surface area contributed by atoms with Gasteiger partial charge in [0, 0.05) is 4.47 Å². The Morgan fingerprint density at radius 1 is 1.18 bits per heavy atom. The normalized spacial score (nSPS) is 10.2. The van der Waals surface area contributed by atoms with Crippen molar-refractivity contribution in [3.8, 4) is 5.75 Å². The van der Waals surface area contributed by atoms with Crippen molar-refractivity contribution >= 4 is 31.9 Å². The smallest absolute Gasteiger partial charge is 0.131 e. The van der Waals surface area contributed by atoms with Gasteiger partial charge in [-0.1, -0.05) is 0 Å². The van der Waals surface area contributed by atoms with Gasteiger partial charge in [-0.3, -0.25) is 0 Å². The predicted octanol–water partition coefficient (Wildman–Crippen LogP) is 3.53. The van der Waals surface area contributed by atoms with Crippen LogP contribution in [-0.2, 0) is 0 Å². The fraction of sp³-hybridized carbons (Fsp3) is 0.250. The molecule has 0 aliphatic rings. The fourth-order valence-electron chi connectivity index (χ4n) is 0.827. The van der Waals surface area contributed by atoms with E-state index in [9.17, 15) is 5.11 Å². The zero-order valence-corrected chi connectivity index (χ0v) is 9.45. The molecule has 0 saturated carbocycles. The van der Waals surface area contributed by atoms with Gasteiger partial charge in [0.1, 0.15) is 5.75 Å². The summed E-state index contributed by atoms with van der Waals surface area (Å²) in [6.45, 7) is 3.97. The minimum atomic E-state index is 0.278. The molecule has 60 valence electrons. The van der Waals surface area contributed by atoms with Crippen LogP contribution in [0.3, 0.4) is 0 Å². The van der Waals surface area contributed by atoms with Gasteiger partial charge < -0.3 is 5.11 Å². The third-order valence-corrected chi connectivity index (χ3v) is 4.02. The van der Waals surface area contributed by atoms with Gasteiger partial charge in [0.25, 0.3) is 0 Å². The Hall–Kier alpha value is -0.0200. The van der Waals surface area contributed by atoms with Crippen LogP contribution in [0.25, 0.3) is 0 Å². The monoisotopic (exact) mass is 278 g/mol. The Balaban J connectivity index is 3.46. The molecule has 1 aromatic carbocycles. The van der Waals surface area contributed by atoms with Gasteiger partial charge in [-0.25, -0.2) is 0 Å². The number of benzene rings is 1. The van der Waals surface area contributed by atoms with Crippen molar-refractivity contribution in [2.45, 2.75) is 13.8 Å². The van der Waals surface area contributed by atoms with Crippen LogP contribution in [0.2, 0.25) is 0 Å². The number of phenolic OH excluding ortho intramolecular Hbond substituents is 1. The Labute approximate surface area is 82.7 Å². The first-order chi connectivity index (χ1) is 5.04. The molecule has 0 spiro atoms. The lowest BCUT2D eigenvalue weighted by Crippen LogP contribution is -1.84. The lowest BCUT2D eigenvalue weighted by molar-refractivity contribution is 0.470. The van der Waals surface area contributed by atoms with Crippen LogP contribution in [0.5, 0.6) is 5.75 Å². The average molecular weight is 280 g/mol. The number of hydrogen-bond acceptors (Lipinski definition) is 1. The second kappa shape index (κ2) is 3.15. The third-order valence-electron chi connectivity index (χ3n) is 1.69. The van der Waals surface area contributed by atoms with E-state index in [1.807, 2.05) is 13.8 Å². The Bertz CT molecular complexity index is 268. The Morgan fingerprint density at radius 2 is 1.73 bits per heavy atom. The molecule has 0 atom stereocenters. The van der Waals surface area contributed by atoms with Crippen LogP contribution in [0.4, 0.5) is 0 Å². The van der Waals surface area contributed by atoms with Gasteiger partial charge in [0.2, 0.25) is 0 Å². The van der Waals surface area contributed by atoms with Crippen LogP contribution in [0, 0.1) is 13.8 Å². The van der Waals surface area contributed by atoms with Crippen LogP contribution in [-0.4, -0.2) is 5.11 Å². The highest BCUT2D eigenvalue weighted by Crippen LogP contribution is 2.35. The number of aromatic hydroxyl groups is 1. The first-order valence-corrected chi connectivity index (χ1v) is 4.76. The van der Waals surface area contributed by atoms with E-state index in [1.54, 1.807) is 6.07 Å². The molecule has 1 aromatic rings. The number of phenols is 1. The van der Waals surface area contributed by atoms with E-state index < -0.39 is 0 Å². The second-order valence-corrected chi connectivity index (χ2v) is 4.05. The highest BCUT2D eigenvalue weighted by Gasteiger charge is 2.07. The van der Waals surface area contributed by atoms with Crippen LogP contribution >= 0.6 is 31.9 Å². The summed E-state index contributed by atoms with van der Waals surface area (Å²) in [5, 5.41) is 9.33. The lowest BCUT2D eigenvalue weighted by Gasteiger charge is -2.06. The van der Waals surface area contributed by atoms with E-state index in [2.05, 4.69) is 31.9 Å². The van der Waals surface area contributed by atoms with E-state index in [0.29, 0.717) is 0 Å². The largest absolute Gasteiger partial charge is 0.507 e. The molecular weight excluding hydrogens is 272 g/mol. The highest BCUT2D eigenvalue weighted by atomic mass is 79.9. The van der Waals surface area contributed by atoms with Gasteiger partial charge in [-0.15, -0.1) is 0 Å². The van der Waals surface area contributed by atoms with Crippen LogP contribution < -0.4 is 0 Å². The van der Waals surface area contributed by atoms with Gasteiger partial charge >= 0.3 is 0 Å². The molecule has 0 aliphatic heterocycles. The first kappa shape index (κ1) is 9.07. The van der Waals surface area contributed by atoms with Crippen molar-refractivity contribution in [1.29, 1.82) is 0 Å². The summed E-state index contributed by atoms with van der Waals surface area (Å²) in [6, 6.07) is 1.74. The summed E-state index contributed by atoms with van der Waals surface area (Å²) in [4.78, 5) is 0. The summed E-state index contributed by atoms with van der Waals surface area (Å²) in [5.41, 5.74) is 2.23. The maximum atomic E-state index is 9.33. The van der Waals surface area contributed by atoms with E-state index in [0.717, 1.165) is 20.1 Å². The van der Waals surface area contributed by atoms with Crippen LogP contribution in [0.15, 0.2) is 15.0 Å². The summed E-state index contributed by atoms with van der Waals surface area (Å²) in [6.07, 6.45) is 0. The van der Waals surface area contributed by atoms with E-state index in [4.69, 9.17) is 0 Å². The molecule has 0 unspecified atom stereocenters. The first-order valence-electron chi connectivity index (χ1n) is 3.18. The summed E-state index contributed by atoms with van der Waals surface area (Å²) in [7, 11) is 0. The standard InChI is InChI=1S/C8H8Br2O/c1-4-3-6(11)8(10)7(9)5(4)2/h3,11H,1-2H3. The second-order valence-electron chi connectivity index (χ2n) is 2.47.